The lowest BCUT2D eigenvalue weighted by Gasteiger charge is -2.22. The summed E-state index contributed by atoms with van der Waals surface area (Å²) in [5, 5.41) is 5.07. The molecule has 0 N–H and O–H groups in total. The van der Waals surface area contributed by atoms with Gasteiger partial charge < -0.3 is 9.13 Å². The highest BCUT2D eigenvalue weighted by Crippen LogP contribution is 2.53. The first kappa shape index (κ1) is 48.0. The molecule has 0 spiro atoms. The van der Waals surface area contributed by atoms with Crippen molar-refractivity contribution in [3.8, 4) is 89.3 Å². The van der Waals surface area contributed by atoms with Crippen LogP contribution in [0.3, 0.4) is 0 Å². The quantitative estimate of drug-likeness (QED) is 0.157. The molecule has 12 aromatic carbocycles. The highest BCUT2D eigenvalue weighted by molar-refractivity contribution is 6.12. The van der Waals surface area contributed by atoms with Crippen LogP contribution < -0.4 is 0 Å². The zero-order valence-electron chi connectivity index (χ0n) is 47.6. The van der Waals surface area contributed by atoms with E-state index in [1.165, 1.54) is 166 Å². The fraction of sp³-hybridized carbons (Fsp3) is 0.111. The smallest absolute Gasteiger partial charge is 0.0541 e. The molecule has 2 heteroatoms. The van der Waals surface area contributed by atoms with E-state index in [0.29, 0.717) is 0 Å². The molecule has 0 radical (unpaired) electrons. The van der Waals surface area contributed by atoms with Crippen molar-refractivity contribution < 1.29 is 0 Å². The third-order valence-electron chi connectivity index (χ3n) is 19.8. The van der Waals surface area contributed by atoms with E-state index in [9.17, 15) is 0 Å². The molecule has 0 atom stereocenters. The first-order chi connectivity index (χ1) is 40.4. The molecule has 83 heavy (non-hydrogen) atoms. The number of nitrogens with zero attached hydrogens (tertiary/aromatic N) is 2. The molecule has 0 unspecified atom stereocenters. The maximum atomic E-state index is 2.46. The second-order valence-corrected chi connectivity index (χ2v) is 25.3. The van der Waals surface area contributed by atoms with E-state index in [4.69, 9.17) is 0 Å². The zero-order valence-corrected chi connectivity index (χ0v) is 47.6. The van der Waals surface area contributed by atoms with Crippen LogP contribution >= 0.6 is 0 Å². The molecule has 0 saturated carbocycles. The van der Waals surface area contributed by atoms with Crippen molar-refractivity contribution >= 4 is 43.6 Å². The Balaban J connectivity index is 0.638. The fourth-order valence-electron chi connectivity index (χ4n) is 15.3. The summed E-state index contributed by atoms with van der Waals surface area (Å²) in [5.41, 5.74) is 33.2. The van der Waals surface area contributed by atoms with Gasteiger partial charge >= 0.3 is 0 Å². The number of benzene rings is 12. The number of hydrogen-bond acceptors (Lipinski definition) is 0. The molecule has 0 bridgehead atoms. The van der Waals surface area contributed by atoms with Crippen LogP contribution in [0.2, 0.25) is 0 Å². The lowest BCUT2D eigenvalue weighted by Crippen LogP contribution is -2.15. The van der Waals surface area contributed by atoms with Crippen LogP contribution in [-0.2, 0) is 16.2 Å². The Morgan fingerprint density at radius 3 is 0.892 bits per heavy atom. The maximum Gasteiger partial charge on any atom is 0.0541 e. The second-order valence-electron chi connectivity index (χ2n) is 25.3. The van der Waals surface area contributed by atoms with Gasteiger partial charge in [0.15, 0.2) is 0 Å². The molecule has 0 fully saturated rings. The van der Waals surface area contributed by atoms with Gasteiger partial charge in [-0.15, -0.1) is 0 Å². The Morgan fingerprint density at radius 1 is 0.205 bits per heavy atom. The first-order valence-corrected chi connectivity index (χ1v) is 29.5. The summed E-state index contributed by atoms with van der Waals surface area (Å²) < 4.78 is 4.92. The molecule has 0 aliphatic heterocycles. The summed E-state index contributed by atoms with van der Waals surface area (Å²) in [6, 6.07) is 96.3. The Hall–Kier alpha value is -9.76. The van der Waals surface area contributed by atoms with E-state index < -0.39 is 0 Å². The molecule has 3 aliphatic carbocycles. The number of para-hydroxylation sites is 2. The molecule has 17 rings (SSSR count). The van der Waals surface area contributed by atoms with E-state index in [-0.39, 0.29) is 16.2 Å². The van der Waals surface area contributed by atoms with Crippen molar-refractivity contribution in [3.63, 3.8) is 0 Å². The Bertz CT molecular complexity index is 4770. The Labute approximate surface area is 485 Å². The van der Waals surface area contributed by atoms with Gasteiger partial charge in [-0.3, -0.25) is 0 Å². The number of rotatable bonds is 6. The normalized spacial score (nSPS) is 14.7. The highest BCUT2D eigenvalue weighted by Gasteiger charge is 2.38. The summed E-state index contributed by atoms with van der Waals surface area (Å²) in [5.74, 6) is 0. The Morgan fingerprint density at radius 2 is 0.482 bits per heavy atom. The van der Waals surface area contributed by atoms with Crippen molar-refractivity contribution in [2.24, 2.45) is 0 Å². The average molecular weight is 1060 g/mol. The van der Waals surface area contributed by atoms with E-state index in [2.05, 4.69) is 305 Å². The zero-order chi connectivity index (χ0) is 55.7. The molecule has 2 nitrogen and oxygen atoms in total. The lowest BCUT2D eigenvalue weighted by molar-refractivity contribution is 0.660. The Kier molecular flexibility index (Phi) is 9.91. The first-order valence-electron chi connectivity index (χ1n) is 29.5. The fourth-order valence-corrected chi connectivity index (χ4v) is 15.3. The van der Waals surface area contributed by atoms with Gasteiger partial charge in [-0.25, -0.2) is 0 Å². The molecule has 2 aromatic heterocycles. The van der Waals surface area contributed by atoms with Crippen LogP contribution in [0.25, 0.3) is 133 Å². The SMILES string of the molecule is CC1(C)c2cc(-c3ccc(-c4ccc5c(c4)c4ccccc4n5-c4ccc5c(c4)C(C)(C)c4ccccc4-5)cc3)ccc2-c2ccc(-c3ccc(-c4ccc5c(c4)c4ccccc4n5-c4ccc5c(c4)C(C)(C)c4ccccc4-5)cc3)cc21. The minimum Gasteiger partial charge on any atom is -0.309 e. The summed E-state index contributed by atoms with van der Waals surface area (Å²) in [6.07, 6.45) is 0. The van der Waals surface area contributed by atoms with Crippen molar-refractivity contribution in [2.75, 3.05) is 0 Å². The summed E-state index contributed by atoms with van der Waals surface area (Å²) in [6.45, 7) is 14.2. The van der Waals surface area contributed by atoms with Crippen molar-refractivity contribution in [3.05, 3.63) is 288 Å². The van der Waals surface area contributed by atoms with E-state index in [1.54, 1.807) is 0 Å². The predicted molar refractivity (Wildman–Crippen MR) is 350 cm³/mol. The monoisotopic (exact) mass is 1060 g/mol. The molecule has 3 aliphatic rings. The number of aromatic nitrogens is 2. The summed E-state index contributed by atoms with van der Waals surface area (Å²) >= 11 is 0. The van der Waals surface area contributed by atoms with Crippen molar-refractivity contribution in [1.29, 1.82) is 0 Å². The topological polar surface area (TPSA) is 9.86 Å². The third-order valence-corrected chi connectivity index (χ3v) is 19.8. The van der Waals surface area contributed by atoms with Crippen LogP contribution in [0, 0.1) is 0 Å². The van der Waals surface area contributed by atoms with Gasteiger partial charge in [-0.1, -0.05) is 224 Å². The molecule has 2 heterocycles. The van der Waals surface area contributed by atoms with Gasteiger partial charge in [0.25, 0.3) is 0 Å². The standard InChI is InChI=1S/C81H60N2/c1-79(2)69-19-11-7-15-59(69)63-39-35-57(47-73(63)79)82-75-21-13-9-17-65(75)67-43-53(33-41-77(67)82)49-23-27-51(28-24-49)55-31-37-61-62-38-32-56(46-72(62)81(5,6)71(61)45-55)52-29-25-50(26-30-52)54-34-42-78-68(44-54)66-18-10-14-22-76(66)83(78)58-36-40-64-60-16-8-12-20-70(60)80(3,4)74(64)48-58/h7-48H,1-6H3. The van der Waals surface area contributed by atoms with Crippen molar-refractivity contribution in [1.82, 2.24) is 9.13 Å². The summed E-state index contributed by atoms with van der Waals surface area (Å²) in [4.78, 5) is 0. The third kappa shape index (κ3) is 6.84. The minimum absolute atomic E-state index is 0.0656. The largest absolute Gasteiger partial charge is 0.309 e. The van der Waals surface area contributed by atoms with Crippen LogP contribution in [-0.4, -0.2) is 9.13 Å². The minimum atomic E-state index is -0.165. The van der Waals surface area contributed by atoms with Gasteiger partial charge in [0, 0.05) is 49.2 Å². The predicted octanol–water partition coefficient (Wildman–Crippen LogP) is 21.5. The van der Waals surface area contributed by atoms with Gasteiger partial charge in [0.2, 0.25) is 0 Å². The van der Waals surface area contributed by atoms with Crippen LogP contribution in [0.4, 0.5) is 0 Å². The van der Waals surface area contributed by atoms with Gasteiger partial charge in [0.05, 0.1) is 22.1 Å². The highest BCUT2D eigenvalue weighted by atomic mass is 15.0. The van der Waals surface area contributed by atoms with Gasteiger partial charge in [-0.05, 0) is 184 Å². The molecule has 0 amide bonds. The van der Waals surface area contributed by atoms with E-state index in [0.717, 1.165) is 0 Å². The molecule has 0 saturated heterocycles. The van der Waals surface area contributed by atoms with Gasteiger partial charge in [0.1, 0.15) is 0 Å². The average Bonchev–Trinajstić information content (AvgIpc) is 4.45. The molecule has 14 aromatic rings. The molecular formula is C81H60N2. The summed E-state index contributed by atoms with van der Waals surface area (Å²) in [7, 11) is 0. The lowest BCUT2D eigenvalue weighted by atomic mass is 9.80. The van der Waals surface area contributed by atoms with Crippen LogP contribution in [0.1, 0.15) is 74.9 Å². The van der Waals surface area contributed by atoms with Crippen molar-refractivity contribution in [2.45, 2.75) is 57.8 Å². The van der Waals surface area contributed by atoms with Crippen LogP contribution in [0.5, 0.6) is 0 Å². The van der Waals surface area contributed by atoms with E-state index >= 15 is 0 Å². The molecular weight excluding hydrogens is 1000 g/mol. The van der Waals surface area contributed by atoms with Gasteiger partial charge in [-0.2, -0.15) is 0 Å². The number of hydrogen-bond donors (Lipinski definition) is 0. The second kappa shape index (κ2) is 17.1. The van der Waals surface area contributed by atoms with E-state index in [1.807, 2.05) is 0 Å². The molecule has 394 valence electrons. The number of fused-ring (bicyclic) bond motifs is 15. The maximum absolute atomic E-state index is 2.46. The van der Waals surface area contributed by atoms with Crippen LogP contribution in [0.15, 0.2) is 255 Å².